The Hall–Kier alpha value is -3.50. The van der Waals surface area contributed by atoms with Crippen molar-refractivity contribution < 1.29 is 13.9 Å². The Morgan fingerprint density at radius 3 is 2.42 bits per heavy atom. The van der Waals surface area contributed by atoms with Crippen molar-refractivity contribution >= 4 is 35.2 Å². The van der Waals surface area contributed by atoms with Gasteiger partial charge in [0.25, 0.3) is 11.5 Å². The van der Waals surface area contributed by atoms with Crippen LogP contribution in [0, 0.1) is 19.7 Å². The molecule has 2 aliphatic rings. The molecule has 40 heavy (non-hydrogen) atoms. The Kier molecular flexibility index (Phi) is 9.42. The summed E-state index contributed by atoms with van der Waals surface area (Å²) >= 11 is 1.35. The van der Waals surface area contributed by atoms with Gasteiger partial charge in [-0.2, -0.15) is 0 Å². The standard InChI is InChI=1S/C28H32FN5O3S.C2H6/c1-15-8-13-20(19(29)14-15)32-26-24(27(35)31-18-11-12-18)25(16(2)28(36)34(26)4)37-22-7-5-6-21(33-38-30-3)23(22)17-9-10-17;1-2/h5-8,13-14,17-18,30,32-33H,9-12H2,1-4H3,(H,31,35);1-2H3. The summed E-state index contributed by atoms with van der Waals surface area (Å²) in [6.45, 7) is 7.45. The Balaban J connectivity index is 0.00000181. The number of ether oxygens (including phenoxy) is 1. The van der Waals surface area contributed by atoms with Crippen molar-refractivity contribution in [2.24, 2.45) is 7.05 Å². The van der Waals surface area contributed by atoms with E-state index in [1.807, 2.05) is 39.1 Å². The number of anilines is 3. The zero-order valence-electron chi connectivity index (χ0n) is 23.9. The summed E-state index contributed by atoms with van der Waals surface area (Å²) in [5.41, 5.74) is 2.96. The van der Waals surface area contributed by atoms with E-state index >= 15 is 0 Å². The normalized spacial score (nSPS) is 14.2. The van der Waals surface area contributed by atoms with Gasteiger partial charge in [0.2, 0.25) is 0 Å². The Morgan fingerprint density at radius 2 is 1.80 bits per heavy atom. The number of rotatable bonds is 10. The number of aromatic nitrogens is 1. The lowest BCUT2D eigenvalue weighted by Gasteiger charge is -2.23. The van der Waals surface area contributed by atoms with Crippen molar-refractivity contribution in [2.45, 2.75) is 65.3 Å². The second-order valence-corrected chi connectivity index (χ2v) is 10.7. The van der Waals surface area contributed by atoms with E-state index in [2.05, 4.69) is 20.1 Å². The van der Waals surface area contributed by atoms with Crippen LogP contribution >= 0.6 is 12.1 Å². The largest absolute Gasteiger partial charge is 0.456 e. The van der Waals surface area contributed by atoms with Gasteiger partial charge in [0, 0.05) is 30.8 Å². The smallest absolute Gasteiger partial charge is 0.259 e. The van der Waals surface area contributed by atoms with Crippen LogP contribution in [0.15, 0.2) is 41.2 Å². The fourth-order valence-electron chi connectivity index (χ4n) is 4.46. The van der Waals surface area contributed by atoms with Gasteiger partial charge in [0.05, 0.1) is 16.9 Å². The third-order valence-electron chi connectivity index (χ3n) is 6.81. The number of hydrogen-bond acceptors (Lipinski definition) is 7. The molecule has 1 heterocycles. The minimum atomic E-state index is -0.481. The first kappa shape index (κ1) is 29.5. The van der Waals surface area contributed by atoms with E-state index in [0.29, 0.717) is 17.2 Å². The molecule has 2 saturated carbocycles. The second-order valence-electron chi connectivity index (χ2n) is 9.90. The number of nitrogens with zero attached hydrogens (tertiary/aromatic N) is 1. The molecule has 214 valence electrons. The van der Waals surface area contributed by atoms with Crippen LogP contribution in [-0.2, 0) is 7.05 Å². The number of pyridine rings is 1. The van der Waals surface area contributed by atoms with Crippen molar-refractivity contribution in [2.75, 3.05) is 17.1 Å². The monoisotopic (exact) mass is 567 g/mol. The highest BCUT2D eigenvalue weighted by atomic mass is 32.2. The Morgan fingerprint density at radius 1 is 1.07 bits per heavy atom. The maximum atomic E-state index is 14.8. The fraction of sp³-hybridized carbons (Fsp3) is 0.400. The van der Waals surface area contributed by atoms with Gasteiger partial charge in [0.15, 0.2) is 5.75 Å². The molecule has 2 aliphatic carbocycles. The molecule has 1 amide bonds. The van der Waals surface area contributed by atoms with Gasteiger partial charge in [-0.05, 0) is 82.3 Å². The highest BCUT2D eigenvalue weighted by Gasteiger charge is 2.33. The maximum Gasteiger partial charge on any atom is 0.259 e. The second kappa shape index (κ2) is 12.8. The minimum Gasteiger partial charge on any atom is -0.456 e. The quantitative estimate of drug-likeness (QED) is 0.203. The number of halogens is 1. The molecular weight excluding hydrogens is 529 g/mol. The predicted octanol–water partition coefficient (Wildman–Crippen LogP) is 6.67. The van der Waals surface area contributed by atoms with Crippen molar-refractivity contribution in [1.29, 1.82) is 0 Å². The lowest BCUT2D eigenvalue weighted by Crippen LogP contribution is -2.31. The Bertz CT molecular complexity index is 1450. The molecule has 1 aromatic heterocycles. The molecule has 0 saturated heterocycles. The molecule has 0 bridgehead atoms. The lowest BCUT2D eigenvalue weighted by atomic mass is 10.1. The van der Waals surface area contributed by atoms with E-state index in [1.54, 1.807) is 33.0 Å². The van der Waals surface area contributed by atoms with Gasteiger partial charge >= 0.3 is 0 Å². The molecule has 4 N–H and O–H groups in total. The van der Waals surface area contributed by atoms with Crippen molar-refractivity contribution in [1.82, 2.24) is 14.6 Å². The lowest BCUT2D eigenvalue weighted by molar-refractivity contribution is 0.0948. The average molecular weight is 568 g/mol. The molecule has 0 spiro atoms. The first-order valence-corrected chi connectivity index (χ1v) is 14.6. The van der Waals surface area contributed by atoms with Crippen molar-refractivity contribution in [3.8, 4) is 11.5 Å². The number of carbonyl (C=O) groups excluding carboxylic acids is 1. The van der Waals surface area contributed by atoms with Gasteiger partial charge in [-0.1, -0.05) is 26.0 Å². The van der Waals surface area contributed by atoms with Crippen LogP contribution in [0.5, 0.6) is 11.5 Å². The predicted molar refractivity (Wildman–Crippen MR) is 161 cm³/mol. The third-order valence-corrected chi connectivity index (χ3v) is 7.34. The number of aryl methyl sites for hydroxylation is 1. The molecule has 0 unspecified atom stereocenters. The summed E-state index contributed by atoms with van der Waals surface area (Å²) in [6, 6.07) is 10.6. The molecule has 2 fully saturated rings. The van der Waals surface area contributed by atoms with Crippen molar-refractivity contribution in [3.63, 3.8) is 0 Å². The van der Waals surface area contributed by atoms with Gasteiger partial charge in [-0.15, -0.1) is 0 Å². The first-order chi connectivity index (χ1) is 19.3. The third kappa shape index (κ3) is 6.45. The molecule has 2 aromatic carbocycles. The SMILES string of the molecule is CC.CNSNc1cccc(Oc2c(C(=O)NC3CC3)c(Nc3ccc(C)cc3F)n(C)c(=O)c2C)c1C1CC1. The molecule has 0 aliphatic heterocycles. The van der Waals surface area contributed by atoms with E-state index in [4.69, 9.17) is 4.74 Å². The van der Waals surface area contributed by atoms with E-state index < -0.39 is 5.82 Å². The molecule has 10 heteroatoms. The van der Waals surface area contributed by atoms with E-state index in [0.717, 1.165) is 42.5 Å². The Labute approximate surface area is 239 Å². The number of amides is 1. The first-order valence-electron chi connectivity index (χ1n) is 13.8. The van der Waals surface area contributed by atoms with Crippen molar-refractivity contribution in [3.05, 3.63) is 74.8 Å². The highest BCUT2D eigenvalue weighted by Crippen LogP contribution is 2.49. The van der Waals surface area contributed by atoms with Gasteiger partial charge in [0.1, 0.15) is 22.9 Å². The van der Waals surface area contributed by atoms with E-state index in [9.17, 15) is 14.0 Å². The summed E-state index contributed by atoms with van der Waals surface area (Å²) in [6.07, 6.45) is 3.85. The maximum absolute atomic E-state index is 14.8. The van der Waals surface area contributed by atoms with Crippen LogP contribution in [0.2, 0.25) is 0 Å². The van der Waals surface area contributed by atoms with E-state index in [1.165, 1.54) is 22.8 Å². The van der Waals surface area contributed by atoms with Crippen LogP contribution in [-0.4, -0.2) is 23.6 Å². The van der Waals surface area contributed by atoms with Crippen LogP contribution in [0.3, 0.4) is 0 Å². The van der Waals surface area contributed by atoms with Gasteiger partial charge < -0.3 is 20.1 Å². The van der Waals surface area contributed by atoms with Gasteiger partial charge in [-0.25, -0.2) is 9.11 Å². The van der Waals surface area contributed by atoms with Crippen LogP contribution in [0.1, 0.15) is 72.5 Å². The van der Waals surface area contributed by atoms with E-state index in [-0.39, 0.29) is 40.3 Å². The summed E-state index contributed by atoms with van der Waals surface area (Å²) in [7, 11) is 3.39. The zero-order valence-corrected chi connectivity index (χ0v) is 24.7. The number of hydrogen-bond donors (Lipinski definition) is 4. The van der Waals surface area contributed by atoms with Crippen LogP contribution in [0.4, 0.5) is 21.6 Å². The summed E-state index contributed by atoms with van der Waals surface area (Å²) in [5.74, 6) is 0.389. The zero-order chi connectivity index (χ0) is 29.0. The summed E-state index contributed by atoms with van der Waals surface area (Å²) < 4.78 is 29.0. The van der Waals surface area contributed by atoms with Crippen LogP contribution in [0.25, 0.3) is 0 Å². The number of nitrogens with one attached hydrogen (secondary N) is 4. The summed E-state index contributed by atoms with van der Waals surface area (Å²) in [4.78, 5) is 27.0. The molecule has 8 nitrogen and oxygen atoms in total. The van der Waals surface area contributed by atoms with Gasteiger partial charge in [-0.3, -0.25) is 14.2 Å². The molecule has 0 atom stereocenters. The fourth-order valence-corrected chi connectivity index (χ4v) is 4.85. The molecule has 5 rings (SSSR count). The molecule has 3 aromatic rings. The molecule has 0 radical (unpaired) electrons. The highest BCUT2D eigenvalue weighted by molar-refractivity contribution is 7.98. The number of benzene rings is 2. The topological polar surface area (TPSA) is 96.4 Å². The summed E-state index contributed by atoms with van der Waals surface area (Å²) in [5, 5.41) is 6.03. The molecular formula is C30H38FN5O3S. The average Bonchev–Trinajstić information content (AvgIpc) is 3.87. The minimum absolute atomic E-state index is 0.0740. The van der Waals surface area contributed by atoms with Crippen LogP contribution < -0.4 is 30.4 Å². The number of carbonyl (C=O) groups is 1.